The third-order valence-corrected chi connectivity index (χ3v) is 3.69. The summed E-state index contributed by atoms with van der Waals surface area (Å²) >= 11 is 0. The molecule has 0 amide bonds. The molecule has 1 spiro atoms. The number of ether oxygens (including phenoxy) is 2. The van der Waals surface area contributed by atoms with E-state index in [0.29, 0.717) is 0 Å². The van der Waals surface area contributed by atoms with E-state index in [1.54, 1.807) is 0 Å². The fourth-order valence-corrected chi connectivity index (χ4v) is 2.52. The van der Waals surface area contributed by atoms with Gasteiger partial charge in [-0.1, -0.05) is 6.08 Å². The molecule has 0 N–H and O–H groups in total. The summed E-state index contributed by atoms with van der Waals surface area (Å²) in [5.74, 6) is -0.326. The SMILES string of the molecule is Cc1cc(C2=CCC3(CC2)OCCO3)nn1C. The second-order valence-electron chi connectivity index (χ2n) is 4.84. The number of hydrogen-bond donors (Lipinski definition) is 0. The van der Waals surface area contributed by atoms with Gasteiger partial charge in [0.2, 0.25) is 0 Å². The largest absolute Gasteiger partial charge is 0.347 e. The summed E-state index contributed by atoms with van der Waals surface area (Å²) in [6.07, 6.45) is 4.99. The maximum absolute atomic E-state index is 5.70. The fourth-order valence-electron chi connectivity index (χ4n) is 2.52. The minimum Gasteiger partial charge on any atom is -0.347 e. The number of hydrogen-bond acceptors (Lipinski definition) is 3. The van der Waals surface area contributed by atoms with Crippen molar-refractivity contribution in [2.45, 2.75) is 32.0 Å². The molecule has 1 aromatic heterocycles. The van der Waals surface area contributed by atoms with E-state index < -0.39 is 0 Å². The molecule has 1 saturated heterocycles. The van der Waals surface area contributed by atoms with Crippen LogP contribution < -0.4 is 0 Å². The van der Waals surface area contributed by atoms with E-state index in [2.05, 4.69) is 24.2 Å². The molecule has 1 aliphatic carbocycles. The lowest BCUT2D eigenvalue weighted by Crippen LogP contribution is -2.31. The van der Waals surface area contributed by atoms with Gasteiger partial charge in [0.05, 0.1) is 18.9 Å². The molecule has 0 aromatic carbocycles. The molecule has 0 atom stereocenters. The van der Waals surface area contributed by atoms with E-state index in [1.165, 1.54) is 11.3 Å². The summed E-state index contributed by atoms with van der Waals surface area (Å²) in [6.45, 7) is 3.53. The number of aromatic nitrogens is 2. The molecular formula is C13H18N2O2. The molecule has 2 aliphatic rings. The first-order valence-corrected chi connectivity index (χ1v) is 6.16. The normalized spacial score (nSPS) is 23.1. The highest BCUT2D eigenvalue weighted by Gasteiger charge is 2.37. The quantitative estimate of drug-likeness (QED) is 0.746. The summed E-state index contributed by atoms with van der Waals surface area (Å²) in [7, 11) is 1.98. The molecule has 4 heteroatoms. The molecule has 4 nitrogen and oxygen atoms in total. The van der Waals surface area contributed by atoms with Crippen LogP contribution in [0, 0.1) is 6.92 Å². The Bertz CT molecular complexity index is 436. The highest BCUT2D eigenvalue weighted by atomic mass is 16.7. The zero-order valence-corrected chi connectivity index (χ0v) is 10.4. The highest BCUT2D eigenvalue weighted by Crippen LogP contribution is 2.37. The minimum absolute atomic E-state index is 0.326. The first-order chi connectivity index (χ1) is 8.19. The summed E-state index contributed by atoms with van der Waals surface area (Å²) in [5, 5.41) is 4.52. The fraction of sp³-hybridized carbons (Fsp3) is 0.615. The van der Waals surface area contributed by atoms with E-state index >= 15 is 0 Å². The average Bonchev–Trinajstić information content (AvgIpc) is 2.90. The molecule has 0 radical (unpaired) electrons. The van der Waals surface area contributed by atoms with Crippen molar-refractivity contribution in [3.8, 4) is 0 Å². The van der Waals surface area contributed by atoms with Gasteiger partial charge in [0.15, 0.2) is 5.79 Å². The molecule has 17 heavy (non-hydrogen) atoms. The van der Waals surface area contributed by atoms with E-state index in [1.807, 2.05) is 11.7 Å². The second-order valence-corrected chi connectivity index (χ2v) is 4.84. The van der Waals surface area contributed by atoms with Crippen molar-refractivity contribution in [3.05, 3.63) is 23.5 Å². The molecule has 1 fully saturated rings. The van der Waals surface area contributed by atoms with Crippen LogP contribution in [0.1, 0.15) is 30.7 Å². The topological polar surface area (TPSA) is 36.3 Å². The van der Waals surface area contributed by atoms with Gasteiger partial charge in [-0.05, 0) is 25.0 Å². The van der Waals surface area contributed by atoms with Crippen molar-refractivity contribution in [2.24, 2.45) is 7.05 Å². The highest BCUT2D eigenvalue weighted by molar-refractivity contribution is 5.63. The van der Waals surface area contributed by atoms with Gasteiger partial charge in [-0.25, -0.2) is 0 Å². The molecular weight excluding hydrogens is 216 g/mol. The number of nitrogens with zero attached hydrogens (tertiary/aromatic N) is 2. The van der Waals surface area contributed by atoms with Crippen LogP contribution in [0.5, 0.6) is 0 Å². The lowest BCUT2D eigenvalue weighted by molar-refractivity contribution is -0.159. The maximum atomic E-state index is 5.70. The van der Waals surface area contributed by atoms with Gasteiger partial charge in [-0.15, -0.1) is 0 Å². The predicted molar refractivity (Wildman–Crippen MR) is 64.4 cm³/mol. The first-order valence-electron chi connectivity index (χ1n) is 6.16. The molecule has 2 heterocycles. The Morgan fingerprint density at radius 3 is 2.65 bits per heavy atom. The van der Waals surface area contributed by atoms with Crippen molar-refractivity contribution in [1.29, 1.82) is 0 Å². The predicted octanol–water partition coefficient (Wildman–Crippen LogP) is 2.04. The summed E-state index contributed by atoms with van der Waals surface area (Å²) in [6, 6.07) is 2.14. The van der Waals surface area contributed by atoms with Gasteiger partial charge in [0.25, 0.3) is 0 Å². The second kappa shape index (κ2) is 3.96. The summed E-state index contributed by atoms with van der Waals surface area (Å²) in [4.78, 5) is 0. The van der Waals surface area contributed by atoms with Crippen LogP contribution in [0.15, 0.2) is 12.1 Å². The lowest BCUT2D eigenvalue weighted by atomic mass is 9.92. The smallest absolute Gasteiger partial charge is 0.172 e. The van der Waals surface area contributed by atoms with E-state index in [4.69, 9.17) is 9.47 Å². The Balaban J connectivity index is 1.80. The Labute approximate surface area is 101 Å². The number of allylic oxidation sites excluding steroid dienone is 1. The van der Waals surface area contributed by atoms with Gasteiger partial charge in [0, 0.05) is 25.6 Å². The molecule has 3 rings (SSSR count). The van der Waals surface area contributed by atoms with Crippen molar-refractivity contribution in [2.75, 3.05) is 13.2 Å². The van der Waals surface area contributed by atoms with Gasteiger partial charge < -0.3 is 9.47 Å². The minimum atomic E-state index is -0.326. The Hall–Kier alpha value is -1.13. The van der Waals surface area contributed by atoms with E-state index in [9.17, 15) is 0 Å². The van der Waals surface area contributed by atoms with Gasteiger partial charge in [-0.3, -0.25) is 4.68 Å². The lowest BCUT2D eigenvalue weighted by Gasteiger charge is -2.30. The first kappa shape index (κ1) is 11.0. The van der Waals surface area contributed by atoms with Crippen molar-refractivity contribution in [1.82, 2.24) is 9.78 Å². The Kier molecular flexibility index (Phi) is 2.56. The molecule has 92 valence electrons. The molecule has 0 bridgehead atoms. The van der Waals surface area contributed by atoms with Crippen LogP contribution in [0.4, 0.5) is 0 Å². The van der Waals surface area contributed by atoms with E-state index in [0.717, 1.165) is 38.2 Å². The molecule has 0 saturated carbocycles. The molecule has 1 aromatic rings. The van der Waals surface area contributed by atoms with Gasteiger partial charge in [0.1, 0.15) is 0 Å². The van der Waals surface area contributed by atoms with Crippen LogP contribution in [-0.2, 0) is 16.5 Å². The third kappa shape index (κ3) is 1.91. The maximum Gasteiger partial charge on any atom is 0.172 e. The monoisotopic (exact) mass is 234 g/mol. The summed E-state index contributed by atoms with van der Waals surface area (Å²) in [5.41, 5.74) is 3.60. The van der Waals surface area contributed by atoms with E-state index in [-0.39, 0.29) is 5.79 Å². The number of aryl methyl sites for hydroxylation is 2. The Morgan fingerprint density at radius 2 is 2.12 bits per heavy atom. The van der Waals surface area contributed by atoms with Crippen molar-refractivity contribution in [3.63, 3.8) is 0 Å². The zero-order valence-electron chi connectivity index (χ0n) is 10.4. The molecule has 1 aliphatic heterocycles. The summed E-state index contributed by atoms with van der Waals surface area (Å²) < 4.78 is 13.3. The molecule has 0 unspecified atom stereocenters. The number of rotatable bonds is 1. The Morgan fingerprint density at radius 1 is 1.35 bits per heavy atom. The standard InChI is InChI=1S/C13H18N2O2/c1-10-9-12(14-15(10)2)11-3-5-13(6-4-11)16-7-8-17-13/h3,9H,4-8H2,1-2H3. The van der Waals surface area contributed by atoms with Crippen LogP contribution in [-0.4, -0.2) is 28.8 Å². The van der Waals surface area contributed by atoms with Crippen molar-refractivity contribution < 1.29 is 9.47 Å². The van der Waals surface area contributed by atoms with Gasteiger partial charge >= 0.3 is 0 Å². The van der Waals surface area contributed by atoms with Crippen LogP contribution >= 0.6 is 0 Å². The zero-order chi connectivity index (χ0) is 11.9. The van der Waals surface area contributed by atoms with Crippen LogP contribution in [0.25, 0.3) is 5.57 Å². The van der Waals surface area contributed by atoms with Crippen molar-refractivity contribution >= 4 is 5.57 Å². The van der Waals surface area contributed by atoms with Crippen LogP contribution in [0.2, 0.25) is 0 Å². The average molecular weight is 234 g/mol. The van der Waals surface area contributed by atoms with Crippen LogP contribution in [0.3, 0.4) is 0 Å². The van der Waals surface area contributed by atoms with Gasteiger partial charge in [-0.2, -0.15) is 5.10 Å². The third-order valence-electron chi connectivity index (χ3n) is 3.69.